The summed E-state index contributed by atoms with van der Waals surface area (Å²) < 4.78 is 0. The number of carbonyl (C=O) groups is 1. The summed E-state index contributed by atoms with van der Waals surface area (Å²) in [5.74, 6) is -1.15. The third-order valence-electron chi connectivity index (χ3n) is 2.28. The first-order valence-corrected chi connectivity index (χ1v) is 5.15. The van der Waals surface area contributed by atoms with Gasteiger partial charge in [-0.1, -0.05) is 11.6 Å². The summed E-state index contributed by atoms with van der Waals surface area (Å²) in [5, 5.41) is 24.7. The maximum absolute atomic E-state index is 10.7. The van der Waals surface area contributed by atoms with Gasteiger partial charge in [0, 0.05) is 5.56 Å². The largest absolute Gasteiger partial charge is 0.506 e. The molecule has 0 radical (unpaired) electrons. The van der Waals surface area contributed by atoms with Gasteiger partial charge in [0.1, 0.15) is 11.4 Å². The minimum Gasteiger partial charge on any atom is -0.506 e. The summed E-state index contributed by atoms with van der Waals surface area (Å²) >= 11 is 5.94. The molecule has 0 bridgehead atoms. The number of carboxylic acids is 1. The van der Waals surface area contributed by atoms with Crippen LogP contribution in [0, 0.1) is 6.92 Å². The Labute approximate surface area is 102 Å². The number of aromatic nitrogens is 2. The number of nitrogens with one attached hydrogen (secondary N) is 1. The second-order valence-corrected chi connectivity index (χ2v) is 4.00. The van der Waals surface area contributed by atoms with Crippen LogP contribution in [0.25, 0.3) is 11.3 Å². The Balaban J connectivity index is 2.56. The van der Waals surface area contributed by atoms with Crippen LogP contribution in [0.4, 0.5) is 0 Å². The molecule has 1 heterocycles. The van der Waals surface area contributed by atoms with Gasteiger partial charge < -0.3 is 10.2 Å². The summed E-state index contributed by atoms with van der Waals surface area (Å²) in [6.07, 6.45) is 0. The number of halogens is 1. The van der Waals surface area contributed by atoms with Crippen LogP contribution in [-0.2, 0) is 0 Å². The van der Waals surface area contributed by atoms with Crippen LogP contribution in [0.15, 0.2) is 18.2 Å². The molecule has 0 saturated carbocycles. The number of phenolic OH excluding ortho intramolecular Hbond substituents is 1. The van der Waals surface area contributed by atoms with E-state index in [1.54, 1.807) is 13.0 Å². The maximum Gasteiger partial charge on any atom is 0.353 e. The molecule has 3 N–H and O–H groups in total. The predicted octanol–water partition coefficient (Wildman–Crippen LogP) is 2.44. The highest BCUT2D eigenvalue weighted by Gasteiger charge is 2.14. The van der Waals surface area contributed by atoms with E-state index in [-0.39, 0.29) is 16.5 Å². The van der Waals surface area contributed by atoms with Crippen molar-refractivity contribution in [2.45, 2.75) is 6.92 Å². The van der Waals surface area contributed by atoms with Crippen molar-refractivity contribution in [2.75, 3.05) is 0 Å². The molecule has 0 atom stereocenters. The van der Waals surface area contributed by atoms with Crippen LogP contribution in [0.2, 0.25) is 5.02 Å². The SMILES string of the molecule is Cc1cc(O)c(Cl)c(-c2cc(C(=O)O)[nH]n2)c1. The quantitative estimate of drug-likeness (QED) is 0.766. The average molecular weight is 253 g/mol. The van der Waals surface area contributed by atoms with Gasteiger partial charge in [0.05, 0.1) is 10.7 Å². The molecule has 0 aliphatic rings. The fraction of sp³-hybridized carbons (Fsp3) is 0.0909. The van der Waals surface area contributed by atoms with E-state index in [1.165, 1.54) is 12.1 Å². The summed E-state index contributed by atoms with van der Waals surface area (Å²) in [7, 11) is 0. The van der Waals surface area contributed by atoms with Crippen molar-refractivity contribution in [3.63, 3.8) is 0 Å². The van der Waals surface area contributed by atoms with E-state index in [9.17, 15) is 9.90 Å². The van der Waals surface area contributed by atoms with Gasteiger partial charge in [-0.2, -0.15) is 5.10 Å². The molecule has 0 aliphatic heterocycles. The van der Waals surface area contributed by atoms with E-state index in [0.29, 0.717) is 11.3 Å². The highest BCUT2D eigenvalue weighted by atomic mass is 35.5. The molecule has 0 aliphatic carbocycles. The molecule has 5 nitrogen and oxygen atoms in total. The zero-order chi connectivity index (χ0) is 12.6. The van der Waals surface area contributed by atoms with Crippen molar-refractivity contribution in [1.82, 2.24) is 10.2 Å². The predicted molar refractivity (Wildman–Crippen MR) is 62.4 cm³/mol. The minimum atomic E-state index is -1.10. The molecule has 1 aromatic carbocycles. The van der Waals surface area contributed by atoms with Crippen LogP contribution >= 0.6 is 11.6 Å². The van der Waals surface area contributed by atoms with E-state index >= 15 is 0 Å². The lowest BCUT2D eigenvalue weighted by Crippen LogP contribution is -1.95. The Morgan fingerprint density at radius 2 is 2.12 bits per heavy atom. The fourth-order valence-electron chi connectivity index (χ4n) is 1.51. The molecule has 0 fully saturated rings. The smallest absolute Gasteiger partial charge is 0.353 e. The first kappa shape index (κ1) is 11.5. The molecule has 2 aromatic rings. The number of hydrogen-bond donors (Lipinski definition) is 3. The van der Waals surface area contributed by atoms with Gasteiger partial charge in [0.25, 0.3) is 0 Å². The standard InChI is InChI=1S/C11H9ClN2O3/c1-5-2-6(10(12)9(15)3-5)7-4-8(11(16)17)14-13-7/h2-4,15H,1H3,(H,13,14)(H,16,17). The van der Waals surface area contributed by atoms with Crippen molar-refractivity contribution in [2.24, 2.45) is 0 Å². The zero-order valence-corrected chi connectivity index (χ0v) is 9.62. The lowest BCUT2D eigenvalue weighted by atomic mass is 10.1. The van der Waals surface area contributed by atoms with E-state index in [4.69, 9.17) is 16.7 Å². The Morgan fingerprint density at radius 3 is 2.71 bits per heavy atom. The Hall–Kier alpha value is -2.01. The van der Waals surface area contributed by atoms with E-state index in [1.807, 2.05) is 0 Å². The van der Waals surface area contributed by atoms with E-state index < -0.39 is 5.97 Å². The first-order valence-electron chi connectivity index (χ1n) is 4.77. The van der Waals surface area contributed by atoms with Crippen molar-refractivity contribution in [3.8, 4) is 17.0 Å². The molecular formula is C11H9ClN2O3. The summed E-state index contributed by atoms with van der Waals surface area (Å²) in [6, 6.07) is 4.61. The van der Waals surface area contributed by atoms with Gasteiger partial charge in [-0.25, -0.2) is 4.79 Å². The third kappa shape index (κ3) is 2.09. The fourth-order valence-corrected chi connectivity index (χ4v) is 1.71. The number of aromatic hydroxyl groups is 1. The highest BCUT2D eigenvalue weighted by molar-refractivity contribution is 6.34. The lowest BCUT2D eigenvalue weighted by molar-refractivity contribution is 0.0690. The van der Waals surface area contributed by atoms with Crippen molar-refractivity contribution < 1.29 is 15.0 Å². The Morgan fingerprint density at radius 1 is 1.41 bits per heavy atom. The molecule has 0 amide bonds. The van der Waals surface area contributed by atoms with Crippen LogP contribution in [0.3, 0.4) is 0 Å². The van der Waals surface area contributed by atoms with Gasteiger partial charge in [-0.3, -0.25) is 5.10 Å². The van der Waals surface area contributed by atoms with Crippen LogP contribution in [0.1, 0.15) is 16.1 Å². The molecular weight excluding hydrogens is 244 g/mol. The van der Waals surface area contributed by atoms with Gasteiger partial charge in [0.15, 0.2) is 0 Å². The van der Waals surface area contributed by atoms with Gasteiger partial charge in [-0.05, 0) is 30.7 Å². The van der Waals surface area contributed by atoms with Gasteiger partial charge in [-0.15, -0.1) is 0 Å². The molecule has 88 valence electrons. The monoisotopic (exact) mass is 252 g/mol. The number of carboxylic acid groups (broad SMARTS) is 1. The lowest BCUT2D eigenvalue weighted by Gasteiger charge is -2.04. The normalized spacial score (nSPS) is 10.5. The van der Waals surface area contributed by atoms with Crippen LogP contribution < -0.4 is 0 Å². The average Bonchev–Trinajstić information content (AvgIpc) is 2.72. The number of H-pyrrole nitrogens is 1. The van der Waals surface area contributed by atoms with Crippen molar-refractivity contribution >= 4 is 17.6 Å². The number of hydrogen-bond acceptors (Lipinski definition) is 3. The maximum atomic E-state index is 10.7. The second-order valence-electron chi connectivity index (χ2n) is 3.62. The zero-order valence-electron chi connectivity index (χ0n) is 8.86. The Kier molecular flexibility index (Phi) is 2.77. The third-order valence-corrected chi connectivity index (χ3v) is 2.68. The highest BCUT2D eigenvalue weighted by Crippen LogP contribution is 2.35. The van der Waals surface area contributed by atoms with Gasteiger partial charge >= 0.3 is 5.97 Å². The minimum absolute atomic E-state index is 0.0305. The number of benzene rings is 1. The number of rotatable bonds is 2. The summed E-state index contributed by atoms with van der Waals surface area (Å²) in [6.45, 7) is 1.80. The molecule has 6 heteroatoms. The molecule has 0 saturated heterocycles. The van der Waals surface area contributed by atoms with E-state index in [2.05, 4.69) is 10.2 Å². The van der Waals surface area contributed by atoms with E-state index in [0.717, 1.165) is 5.56 Å². The molecule has 2 rings (SSSR count). The Bertz CT molecular complexity index is 592. The summed E-state index contributed by atoms with van der Waals surface area (Å²) in [5.41, 5.74) is 1.65. The number of aromatic amines is 1. The number of aromatic carboxylic acids is 1. The van der Waals surface area contributed by atoms with Crippen molar-refractivity contribution in [3.05, 3.63) is 34.5 Å². The molecule has 1 aromatic heterocycles. The number of aryl methyl sites for hydroxylation is 1. The van der Waals surface area contributed by atoms with Crippen molar-refractivity contribution in [1.29, 1.82) is 0 Å². The van der Waals surface area contributed by atoms with Crippen LogP contribution in [-0.4, -0.2) is 26.4 Å². The summed E-state index contributed by atoms with van der Waals surface area (Å²) in [4.78, 5) is 10.7. The number of nitrogens with zero attached hydrogens (tertiary/aromatic N) is 1. The molecule has 17 heavy (non-hydrogen) atoms. The first-order chi connectivity index (χ1) is 7.99. The molecule has 0 unspecified atom stereocenters. The molecule has 0 spiro atoms. The second kappa shape index (κ2) is 4.10. The number of phenols is 1. The topological polar surface area (TPSA) is 86.2 Å². The van der Waals surface area contributed by atoms with Gasteiger partial charge in [0.2, 0.25) is 0 Å². The van der Waals surface area contributed by atoms with Crippen LogP contribution in [0.5, 0.6) is 5.75 Å².